The number of hydrogen-bond donors (Lipinski definition) is 1. The summed E-state index contributed by atoms with van der Waals surface area (Å²) in [5.41, 5.74) is 1.19. The van der Waals surface area contributed by atoms with Crippen molar-refractivity contribution in [3.8, 4) is 0 Å². The number of aromatic nitrogens is 2. The number of aromatic carboxylic acids is 1. The Hall–Kier alpha value is -0.970. The molecule has 0 bridgehead atoms. The summed E-state index contributed by atoms with van der Waals surface area (Å²) in [4.78, 5) is 18.3. The monoisotopic (exact) mass is 230 g/mol. The molecule has 0 fully saturated rings. The summed E-state index contributed by atoms with van der Waals surface area (Å²) < 4.78 is 0. The molecule has 0 aliphatic carbocycles. The fourth-order valence-electron chi connectivity index (χ4n) is 0.799. The number of alkyl halides is 1. The highest BCUT2D eigenvalue weighted by atomic mass is 79.9. The smallest absolute Gasteiger partial charge is 0.356 e. The molecule has 1 heterocycles. The molecule has 0 amide bonds. The van der Waals surface area contributed by atoms with E-state index in [1.807, 2.05) is 0 Å². The molecule has 1 N–H and O–H groups in total. The lowest BCUT2D eigenvalue weighted by molar-refractivity contribution is 0.0689. The van der Waals surface area contributed by atoms with Crippen molar-refractivity contribution in [1.82, 2.24) is 9.97 Å². The molecule has 0 aromatic carbocycles. The van der Waals surface area contributed by atoms with Gasteiger partial charge in [-0.3, -0.25) is 4.98 Å². The SMILES string of the molecule is Cc1cnc(C(=O)O)c(CBr)n1. The zero-order valence-electron chi connectivity index (χ0n) is 6.41. The molecule has 0 atom stereocenters. The molecule has 5 heteroatoms. The zero-order valence-corrected chi connectivity index (χ0v) is 8.00. The lowest BCUT2D eigenvalue weighted by Gasteiger charge is -2.00. The van der Waals surface area contributed by atoms with Crippen LogP contribution in [0.3, 0.4) is 0 Å². The van der Waals surface area contributed by atoms with Crippen LogP contribution in [0.2, 0.25) is 0 Å². The first-order chi connectivity index (χ1) is 5.65. The number of carboxylic acids is 1. The predicted octanol–water partition coefficient (Wildman–Crippen LogP) is 1.38. The molecule has 0 spiro atoms. The van der Waals surface area contributed by atoms with Crippen LogP contribution >= 0.6 is 15.9 Å². The minimum Gasteiger partial charge on any atom is -0.476 e. The molecule has 0 aliphatic rings. The lowest BCUT2D eigenvalue weighted by atomic mass is 10.3. The van der Waals surface area contributed by atoms with Gasteiger partial charge in [0.1, 0.15) is 0 Å². The third-order valence-corrected chi connectivity index (χ3v) is 1.83. The highest BCUT2D eigenvalue weighted by Gasteiger charge is 2.11. The van der Waals surface area contributed by atoms with Gasteiger partial charge in [0.2, 0.25) is 0 Å². The molecule has 4 nitrogen and oxygen atoms in total. The number of carbonyl (C=O) groups is 1. The van der Waals surface area contributed by atoms with Crippen LogP contribution in [-0.2, 0) is 5.33 Å². The van der Waals surface area contributed by atoms with Gasteiger partial charge in [-0.2, -0.15) is 0 Å². The lowest BCUT2D eigenvalue weighted by Crippen LogP contribution is -2.07. The molecule has 0 saturated carbocycles. The van der Waals surface area contributed by atoms with E-state index in [0.717, 1.165) is 5.69 Å². The van der Waals surface area contributed by atoms with E-state index in [1.54, 1.807) is 6.92 Å². The summed E-state index contributed by atoms with van der Waals surface area (Å²) in [6.07, 6.45) is 1.44. The van der Waals surface area contributed by atoms with E-state index in [2.05, 4.69) is 25.9 Å². The number of rotatable bonds is 2. The van der Waals surface area contributed by atoms with Crippen molar-refractivity contribution in [3.05, 3.63) is 23.3 Å². The Balaban J connectivity index is 3.20. The highest BCUT2D eigenvalue weighted by Crippen LogP contribution is 2.07. The highest BCUT2D eigenvalue weighted by molar-refractivity contribution is 9.08. The number of carboxylic acid groups (broad SMARTS) is 1. The van der Waals surface area contributed by atoms with Crippen molar-refractivity contribution in [2.75, 3.05) is 0 Å². The van der Waals surface area contributed by atoms with Crippen LogP contribution in [0, 0.1) is 6.92 Å². The number of halogens is 1. The van der Waals surface area contributed by atoms with Gasteiger partial charge in [-0.05, 0) is 6.92 Å². The largest absolute Gasteiger partial charge is 0.476 e. The second-order valence-corrected chi connectivity index (χ2v) is 2.81. The predicted molar refractivity (Wildman–Crippen MR) is 46.4 cm³/mol. The van der Waals surface area contributed by atoms with E-state index in [9.17, 15) is 4.79 Å². The summed E-state index contributed by atoms with van der Waals surface area (Å²) in [5, 5.41) is 9.07. The zero-order chi connectivity index (χ0) is 9.14. The van der Waals surface area contributed by atoms with E-state index in [1.165, 1.54) is 6.20 Å². The fraction of sp³-hybridized carbons (Fsp3) is 0.286. The van der Waals surface area contributed by atoms with Gasteiger partial charge < -0.3 is 5.11 Å². The van der Waals surface area contributed by atoms with E-state index < -0.39 is 5.97 Å². The van der Waals surface area contributed by atoms with Crippen molar-refractivity contribution in [2.45, 2.75) is 12.3 Å². The molecule has 64 valence electrons. The molecule has 0 unspecified atom stereocenters. The summed E-state index contributed by atoms with van der Waals surface area (Å²) in [7, 11) is 0. The summed E-state index contributed by atoms with van der Waals surface area (Å²) in [6.45, 7) is 1.77. The molecular weight excluding hydrogens is 224 g/mol. The van der Waals surface area contributed by atoms with Crippen molar-refractivity contribution >= 4 is 21.9 Å². The van der Waals surface area contributed by atoms with Gasteiger partial charge in [0, 0.05) is 11.5 Å². The second-order valence-electron chi connectivity index (χ2n) is 2.25. The number of aryl methyl sites for hydroxylation is 1. The van der Waals surface area contributed by atoms with Gasteiger partial charge in [0.25, 0.3) is 0 Å². The van der Waals surface area contributed by atoms with Crippen LogP contribution < -0.4 is 0 Å². The molecule has 1 rings (SSSR count). The van der Waals surface area contributed by atoms with Gasteiger partial charge in [0.05, 0.1) is 11.4 Å². The summed E-state index contributed by atoms with van der Waals surface area (Å²) in [6, 6.07) is 0. The van der Waals surface area contributed by atoms with E-state index >= 15 is 0 Å². The minimum absolute atomic E-state index is 0.0116. The Morgan fingerprint density at radius 1 is 1.75 bits per heavy atom. The Kier molecular flexibility index (Phi) is 2.75. The summed E-state index contributed by atoms with van der Waals surface area (Å²) in [5.74, 6) is -1.04. The summed E-state index contributed by atoms with van der Waals surface area (Å²) >= 11 is 3.14. The van der Waals surface area contributed by atoms with Gasteiger partial charge in [-0.15, -0.1) is 0 Å². The van der Waals surface area contributed by atoms with Crippen LogP contribution in [0.1, 0.15) is 21.9 Å². The molecule has 12 heavy (non-hydrogen) atoms. The van der Waals surface area contributed by atoms with Gasteiger partial charge in [0.15, 0.2) is 5.69 Å². The minimum atomic E-state index is -1.04. The first-order valence-electron chi connectivity index (χ1n) is 3.27. The van der Waals surface area contributed by atoms with E-state index in [0.29, 0.717) is 11.0 Å². The van der Waals surface area contributed by atoms with Crippen LogP contribution in [-0.4, -0.2) is 21.0 Å². The maximum Gasteiger partial charge on any atom is 0.356 e. The average Bonchev–Trinajstić information content (AvgIpc) is 2.03. The maximum atomic E-state index is 10.6. The molecule has 0 radical (unpaired) electrons. The standard InChI is InChI=1S/C7H7BrN2O2/c1-4-3-9-6(7(11)12)5(2-8)10-4/h3H,2H2,1H3,(H,11,12). The van der Waals surface area contributed by atoms with Gasteiger partial charge >= 0.3 is 5.97 Å². The fourth-order valence-corrected chi connectivity index (χ4v) is 1.19. The molecule has 0 saturated heterocycles. The molecule has 1 aromatic heterocycles. The Morgan fingerprint density at radius 2 is 2.42 bits per heavy atom. The Labute approximate surface area is 77.8 Å². The van der Waals surface area contributed by atoms with Crippen LogP contribution in [0.25, 0.3) is 0 Å². The van der Waals surface area contributed by atoms with Crippen LogP contribution in [0.15, 0.2) is 6.20 Å². The molecule has 1 aromatic rings. The first kappa shape index (κ1) is 9.12. The normalized spacial score (nSPS) is 9.83. The number of nitrogens with zero attached hydrogens (tertiary/aromatic N) is 2. The number of hydrogen-bond acceptors (Lipinski definition) is 3. The molecular formula is C7H7BrN2O2. The average molecular weight is 231 g/mol. The Bertz CT molecular complexity index is 314. The van der Waals surface area contributed by atoms with Gasteiger partial charge in [-0.25, -0.2) is 9.78 Å². The third-order valence-electron chi connectivity index (χ3n) is 1.29. The van der Waals surface area contributed by atoms with Crippen LogP contribution in [0.4, 0.5) is 0 Å². The van der Waals surface area contributed by atoms with Crippen molar-refractivity contribution in [3.63, 3.8) is 0 Å². The second kappa shape index (κ2) is 3.62. The Morgan fingerprint density at radius 3 is 2.92 bits per heavy atom. The van der Waals surface area contributed by atoms with Crippen molar-refractivity contribution in [1.29, 1.82) is 0 Å². The first-order valence-corrected chi connectivity index (χ1v) is 4.39. The quantitative estimate of drug-likeness (QED) is 0.781. The van der Waals surface area contributed by atoms with Crippen LogP contribution in [0.5, 0.6) is 0 Å². The van der Waals surface area contributed by atoms with Gasteiger partial charge in [-0.1, -0.05) is 15.9 Å². The maximum absolute atomic E-state index is 10.6. The van der Waals surface area contributed by atoms with E-state index in [4.69, 9.17) is 5.11 Å². The van der Waals surface area contributed by atoms with Crippen molar-refractivity contribution < 1.29 is 9.90 Å². The topological polar surface area (TPSA) is 63.1 Å². The van der Waals surface area contributed by atoms with Crippen molar-refractivity contribution in [2.24, 2.45) is 0 Å². The molecule has 0 aliphatic heterocycles. The third kappa shape index (κ3) is 1.79. The van der Waals surface area contributed by atoms with E-state index in [-0.39, 0.29) is 5.69 Å².